The standard InChI is InChI=1S/C15H22O7/c1-3-13(18)20-8-7-15(2,6-4-5-12(16)17)14(19)22-10-11-9-21-11/h3,11H,1,4-10H2,2H3,(H,16,17). The molecule has 0 saturated carbocycles. The van der Waals surface area contributed by atoms with Gasteiger partial charge in [-0.1, -0.05) is 6.58 Å². The molecule has 0 radical (unpaired) electrons. The first kappa shape index (κ1) is 18.2. The van der Waals surface area contributed by atoms with E-state index in [0.717, 1.165) is 6.08 Å². The summed E-state index contributed by atoms with van der Waals surface area (Å²) >= 11 is 0. The van der Waals surface area contributed by atoms with Crippen LogP contribution in [-0.4, -0.2) is 48.9 Å². The summed E-state index contributed by atoms with van der Waals surface area (Å²) in [5.74, 6) is -1.91. The predicted octanol–water partition coefficient (Wildman–Crippen LogP) is 1.31. The molecule has 1 aliphatic rings. The van der Waals surface area contributed by atoms with Crippen LogP contribution in [0.1, 0.15) is 32.6 Å². The molecular weight excluding hydrogens is 292 g/mol. The Morgan fingerprint density at radius 1 is 1.36 bits per heavy atom. The number of carbonyl (C=O) groups excluding carboxylic acids is 2. The zero-order valence-electron chi connectivity index (χ0n) is 12.7. The summed E-state index contributed by atoms with van der Waals surface area (Å²) in [5, 5.41) is 8.70. The van der Waals surface area contributed by atoms with Crippen molar-refractivity contribution in [2.75, 3.05) is 19.8 Å². The van der Waals surface area contributed by atoms with Crippen molar-refractivity contribution in [3.8, 4) is 0 Å². The van der Waals surface area contributed by atoms with E-state index < -0.39 is 23.3 Å². The van der Waals surface area contributed by atoms with Gasteiger partial charge >= 0.3 is 17.9 Å². The van der Waals surface area contributed by atoms with Crippen molar-refractivity contribution in [3.05, 3.63) is 12.7 Å². The number of carboxylic acid groups (broad SMARTS) is 1. The Labute approximate surface area is 129 Å². The largest absolute Gasteiger partial charge is 0.481 e. The van der Waals surface area contributed by atoms with E-state index in [1.165, 1.54) is 0 Å². The quantitative estimate of drug-likeness (QED) is 0.348. The topological polar surface area (TPSA) is 102 Å². The molecule has 1 rings (SSSR count). The van der Waals surface area contributed by atoms with Crippen LogP contribution >= 0.6 is 0 Å². The SMILES string of the molecule is C=CC(=O)OCCC(C)(CCCC(=O)O)C(=O)OCC1CO1. The predicted molar refractivity (Wildman–Crippen MR) is 76.1 cm³/mol. The number of hydrogen-bond acceptors (Lipinski definition) is 6. The van der Waals surface area contributed by atoms with Gasteiger partial charge < -0.3 is 19.3 Å². The molecule has 124 valence electrons. The van der Waals surface area contributed by atoms with Gasteiger partial charge in [-0.05, 0) is 26.2 Å². The highest BCUT2D eigenvalue weighted by molar-refractivity contribution is 5.81. The van der Waals surface area contributed by atoms with Gasteiger partial charge in [0, 0.05) is 12.5 Å². The number of aliphatic carboxylic acids is 1. The molecule has 0 aliphatic carbocycles. The Hall–Kier alpha value is -1.89. The molecule has 0 aromatic rings. The van der Waals surface area contributed by atoms with Gasteiger partial charge in [-0.2, -0.15) is 0 Å². The minimum absolute atomic E-state index is 0.0267. The molecule has 0 spiro atoms. The Morgan fingerprint density at radius 3 is 2.59 bits per heavy atom. The number of epoxide rings is 1. The Morgan fingerprint density at radius 2 is 2.05 bits per heavy atom. The monoisotopic (exact) mass is 314 g/mol. The smallest absolute Gasteiger partial charge is 0.330 e. The first-order valence-electron chi connectivity index (χ1n) is 7.17. The first-order chi connectivity index (χ1) is 10.4. The van der Waals surface area contributed by atoms with Crippen molar-refractivity contribution in [1.29, 1.82) is 0 Å². The van der Waals surface area contributed by atoms with Crippen LogP contribution < -0.4 is 0 Å². The fraction of sp³-hybridized carbons (Fsp3) is 0.667. The van der Waals surface area contributed by atoms with Gasteiger partial charge in [0.2, 0.25) is 0 Å². The maximum Gasteiger partial charge on any atom is 0.330 e. The molecule has 7 nitrogen and oxygen atoms in total. The van der Waals surface area contributed by atoms with Crippen LogP contribution in [0.3, 0.4) is 0 Å². The van der Waals surface area contributed by atoms with E-state index in [4.69, 9.17) is 19.3 Å². The molecule has 22 heavy (non-hydrogen) atoms. The van der Waals surface area contributed by atoms with Crippen LogP contribution in [0.2, 0.25) is 0 Å². The third-order valence-corrected chi connectivity index (χ3v) is 3.48. The van der Waals surface area contributed by atoms with Gasteiger partial charge in [0.25, 0.3) is 0 Å². The maximum absolute atomic E-state index is 12.2. The highest BCUT2D eigenvalue weighted by Crippen LogP contribution is 2.31. The van der Waals surface area contributed by atoms with Crippen molar-refractivity contribution in [3.63, 3.8) is 0 Å². The lowest BCUT2D eigenvalue weighted by atomic mass is 9.82. The van der Waals surface area contributed by atoms with Crippen LogP contribution in [0.25, 0.3) is 0 Å². The number of carbonyl (C=O) groups is 3. The molecule has 0 amide bonds. The summed E-state index contributed by atoms with van der Waals surface area (Å²) in [4.78, 5) is 33.9. The molecule has 7 heteroatoms. The van der Waals surface area contributed by atoms with Crippen LogP contribution in [0.15, 0.2) is 12.7 Å². The van der Waals surface area contributed by atoms with Gasteiger partial charge in [0.15, 0.2) is 0 Å². The summed E-state index contributed by atoms with van der Waals surface area (Å²) < 4.78 is 15.1. The molecule has 2 atom stereocenters. The third kappa shape index (κ3) is 6.71. The van der Waals surface area contributed by atoms with Crippen LogP contribution in [0, 0.1) is 5.41 Å². The Kier molecular flexibility index (Phi) is 7.04. The van der Waals surface area contributed by atoms with E-state index in [2.05, 4.69) is 6.58 Å². The molecule has 1 aliphatic heterocycles. The van der Waals surface area contributed by atoms with Gasteiger partial charge in [-0.3, -0.25) is 9.59 Å². The fourth-order valence-electron chi connectivity index (χ4n) is 1.90. The van der Waals surface area contributed by atoms with E-state index in [9.17, 15) is 14.4 Å². The fourth-order valence-corrected chi connectivity index (χ4v) is 1.90. The van der Waals surface area contributed by atoms with Crippen molar-refractivity contribution in [2.45, 2.75) is 38.7 Å². The van der Waals surface area contributed by atoms with Crippen LogP contribution in [0.5, 0.6) is 0 Å². The normalized spacial score (nSPS) is 18.9. The highest BCUT2D eigenvalue weighted by atomic mass is 16.6. The van der Waals surface area contributed by atoms with Gasteiger partial charge in [0.05, 0.1) is 18.6 Å². The molecule has 1 N–H and O–H groups in total. The van der Waals surface area contributed by atoms with Gasteiger partial charge in [-0.15, -0.1) is 0 Å². The second kappa shape index (κ2) is 8.53. The molecule has 0 aromatic carbocycles. The second-order valence-corrected chi connectivity index (χ2v) is 5.48. The number of ether oxygens (including phenoxy) is 3. The lowest BCUT2D eigenvalue weighted by molar-refractivity contribution is -0.158. The zero-order valence-corrected chi connectivity index (χ0v) is 12.7. The minimum atomic E-state index is -0.916. The lowest BCUT2D eigenvalue weighted by Gasteiger charge is -2.27. The van der Waals surface area contributed by atoms with Gasteiger partial charge in [0.1, 0.15) is 12.7 Å². The van der Waals surface area contributed by atoms with E-state index in [-0.39, 0.29) is 32.2 Å². The summed E-state index contributed by atoms with van der Waals surface area (Å²) in [6.07, 6.45) is 1.93. The first-order valence-corrected chi connectivity index (χ1v) is 7.17. The van der Waals surface area contributed by atoms with Crippen LogP contribution in [-0.2, 0) is 28.6 Å². The minimum Gasteiger partial charge on any atom is -0.481 e. The highest BCUT2D eigenvalue weighted by Gasteiger charge is 2.36. The number of esters is 2. The van der Waals surface area contributed by atoms with E-state index in [1.807, 2.05) is 0 Å². The van der Waals surface area contributed by atoms with E-state index in [0.29, 0.717) is 19.4 Å². The average Bonchev–Trinajstić information content (AvgIpc) is 3.28. The molecule has 1 saturated heterocycles. The Bertz CT molecular complexity index is 428. The Balaban J connectivity index is 2.51. The van der Waals surface area contributed by atoms with Crippen molar-refractivity contribution < 1.29 is 33.7 Å². The molecular formula is C15H22O7. The zero-order chi connectivity index (χ0) is 16.6. The molecule has 0 aromatic heterocycles. The summed E-state index contributed by atoms with van der Waals surface area (Å²) in [6.45, 7) is 5.80. The lowest BCUT2D eigenvalue weighted by Crippen LogP contribution is -2.32. The molecule has 0 bridgehead atoms. The van der Waals surface area contributed by atoms with Crippen molar-refractivity contribution >= 4 is 17.9 Å². The second-order valence-electron chi connectivity index (χ2n) is 5.48. The molecule has 2 unspecified atom stereocenters. The summed E-state index contributed by atoms with van der Waals surface area (Å²) in [6, 6.07) is 0. The van der Waals surface area contributed by atoms with Crippen molar-refractivity contribution in [2.24, 2.45) is 5.41 Å². The maximum atomic E-state index is 12.2. The average molecular weight is 314 g/mol. The molecule has 1 heterocycles. The number of hydrogen-bond donors (Lipinski definition) is 1. The number of rotatable bonds is 11. The molecule has 1 fully saturated rings. The van der Waals surface area contributed by atoms with E-state index >= 15 is 0 Å². The van der Waals surface area contributed by atoms with Gasteiger partial charge in [-0.25, -0.2) is 4.79 Å². The summed E-state index contributed by atoms with van der Waals surface area (Å²) in [7, 11) is 0. The van der Waals surface area contributed by atoms with Crippen molar-refractivity contribution in [1.82, 2.24) is 0 Å². The summed E-state index contributed by atoms with van der Waals surface area (Å²) in [5.41, 5.74) is -0.897. The number of carboxylic acids is 1. The third-order valence-electron chi connectivity index (χ3n) is 3.48. The van der Waals surface area contributed by atoms with E-state index in [1.54, 1.807) is 6.92 Å². The van der Waals surface area contributed by atoms with Crippen LogP contribution in [0.4, 0.5) is 0 Å².